The van der Waals surface area contributed by atoms with Gasteiger partial charge in [-0.15, -0.1) is 0 Å². The number of aliphatic carboxylic acids is 1. The van der Waals surface area contributed by atoms with Crippen LogP contribution in [-0.4, -0.2) is 12.1 Å². The maximum Gasteiger partial charge on any atom is 1.00 e. The first-order chi connectivity index (χ1) is 5.29. The zero-order valence-electron chi connectivity index (χ0n) is 6.52. The molecule has 1 aromatic heterocycles. The second-order valence-corrected chi connectivity index (χ2v) is 2.31. The molecule has 0 saturated carbocycles. The van der Waals surface area contributed by atoms with Crippen LogP contribution < -0.4 is 34.7 Å². The first-order valence-electron chi connectivity index (χ1n) is 3.19. The summed E-state index contributed by atoms with van der Waals surface area (Å²) in [6.45, 7) is 0. The topological polar surface area (TPSA) is 65.8 Å². The molecule has 2 heterocycles. The van der Waals surface area contributed by atoms with Crippen molar-refractivity contribution in [3.63, 3.8) is 0 Å². The number of ether oxygens (including phenoxy) is 1. The van der Waals surface area contributed by atoms with E-state index in [9.17, 15) is 9.90 Å². The second-order valence-electron chi connectivity index (χ2n) is 2.31. The van der Waals surface area contributed by atoms with Gasteiger partial charge in [-0.3, -0.25) is 0 Å². The van der Waals surface area contributed by atoms with E-state index in [1.54, 1.807) is 12.1 Å². The molecule has 12 heavy (non-hydrogen) atoms. The molecule has 2 unspecified atom stereocenters. The molecule has 1 aliphatic heterocycles. The van der Waals surface area contributed by atoms with Crippen LogP contribution in [0.3, 0.4) is 0 Å². The minimum atomic E-state index is -1.19. The van der Waals surface area contributed by atoms with E-state index in [-0.39, 0.29) is 29.6 Å². The van der Waals surface area contributed by atoms with Crippen LogP contribution in [0, 0.1) is 0 Å². The summed E-state index contributed by atoms with van der Waals surface area (Å²) in [7, 11) is 0. The molecule has 5 heteroatoms. The Hall–Kier alpha value is -0.290. The largest absolute Gasteiger partial charge is 1.00 e. The predicted molar refractivity (Wildman–Crippen MR) is 31.3 cm³/mol. The van der Waals surface area contributed by atoms with Gasteiger partial charge in [0.15, 0.2) is 0 Å². The Kier molecular flexibility index (Phi) is 2.95. The first kappa shape index (κ1) is 9.80. The normalized spacial score (nSPS) is 26.0. The maximum absolute atomic E-state index is 10.2. The molecule has 1 aliphatic rings. The molecule has 4 nitrogen and oxygen atoms in total. The summed E-state index contributed by atoms with van der Waals surface area (Å²) in [5.74, 6) is -0.648. The fourth-order valence-corrected chi connectivity index (χ4v) is 0.961. The van der Waals surface area contributed by atoms with Gasteiger partial charge in [-0.25, -0.2) is 0 Å². The van der Waals surface area contributed by atoms with E-state index in [1.807, 2.05) is 0 Å². The monoisotopic (exact) mass is 176 g/mol. The van der Waals surface area contributed by atoms with Gasteiger partial charge in [0.05, 0.1) is 12.2 Å². The molecule has 0 aromatic carbocycles. The number of hydrogen-bond acceptors (Lipinski definition) is 4. The number of epoxide rings is 1. The molecule has 0 bridgehead atoms. The van der Waals surface area contributed by atoms with Crippen molar-refractivity contribution in [2.45, 2.75) is 12.2 Å². The Morgan fingerprint density at radius 3 is 2.75 bits per heavy atom. The standard InChI is InChI=1S/C7H6O4.Na/c8-7(9)6-5(11-6)4-2-1-3-10-4;/h1-3,5-6H,(H,8,9);/q;+1/p-1. The Balaban J connectivity index is 0.000000720. The average Bonchev–Trinajstić information content (AvgIpc) is 2.60. The molecule has 0 radical (unpaired) electrons. The van der Waals surface area contributed by atoms with Crippen LogP contribution in [0.25, 0.3) is 0 Å². The number of furan rings is 1. The second kappa shape index (κ2) is 3.62. The number of carboxylic acids is 1. The van der Waals surface area contributed by atoms with Crippen molar-refractivity contribution in [3.05, 3.63) is 24.2 Å². The summed E-state index contributed by atoms with van der Waals surface area (Å²) in [4.78, 5) is 10.2. The van der Waals surface area contributed by atoms with Crippen LogP contribution in [0.15, 0.2) is 22.8 Å². The third-order valence-electron chi connectivity index (χ3n) is 1.55. The van der Waals surface area contributed by atoms with Crippen LogP contribution >= 0.6 is 0 Å². The van der Waals surface area contributed by atoms with Crippen molar-refractivity contribution in [3.8, 4) is 0 Å². The molecule has 0 N–H and O–H groups in total. The van der Waals surface area contributed by atoms with Gasteiger partial charge in [-0.1, -0.05) is 0 Å². The molecule has 1 aromatic rings. The van der Waals surface area contributed by atoms with Gasteiger partial charge >= 0.3 is 29.6 Å². The zero-order valence-corrected chi connectivity index (χ0v) is 8.52. The molecule has 0 amide bonds. The molecule has 2 rings (SSSR count). The number of carboxylic acid groups (broad SMARTS) is 1. The van der Waals surface area contributed by atoms with Crippen LogP contribution in [0.2, 0.25) is 0 Å². The van der Waals surface area contributed by atoms with E-state index >= 15 is 0 Å². The molecule has 0 aliphatic carbocycles. The molecule has 1 fully saturated rings. The number of carbonyl (C=O) groups excluding carboxylic acids is 1. The van der Waals surface area contributed by atoms with E-state index in [2.05, 4.69) is 0 Å². The van der Waals surface area contributed by atoms with E-state index < -0.39 is 18.2 Å². The number of hydrogen-bond donors (Lipinski definition) is 0. The minimum absolute atomic E-state index is 0. The Labute approximate surface area is 90.8 Å². The fraction of sp³-hybridized carbons (Fsp3) is 0.286. The van der Waals surface area contributed by atoms with Crippen molar-refractivity contribution in [1.29, 1.82) is 0 Å². The summed E-state index contributed by atoms with van der Waals surface area (Å²) in [6.07, 6.45) is 0.222. The Morgan fingerprint density at radius 1 is 1.58 bits per heavy atom. The summed E-state index contributed by atoms with van der Waals surface area (Å²) >= 11 is 0. The van der Waals surface area contributed by atoms with Crippen LogP contribution in [-0.2, 0) is 9.53 Å². The van der Waals surface area contributed by atoms with Gasteiger partial charge in [0.1, 0.15) is 18.0 Å². The number of carbonyl (C=O) groups is 1. The van der Waals surface area contributed by atoms with Crippen molar-refractivity contribution in [2.24, 2.45) is 0 Å². The third-order valence-corrected chi connectivity index (χ3v) is 1.55. The van der Waals surface area contributed by atoms with Gasteiger partial charge in [0, 0.05) is 0 Å². The quantitative estimate of drug-likeness (QED) is 0.346. The minimum Gasteiger partial charge on any atom is -0.547 e. The molecule has 2 atom stereocenters. The van der Waals surface area contributed by atoms with Crippen LogP contribution in [0.5, 0.6) is 0 Å². The van der Waals surface area contributed by atoms with Crippen molar-refractivity contribution in [1.82, 2.24) is 0 Å². The Morgan fingerprint density at radius 2 is 2.33 bits per heavy atom. The first-order valence-corrected chi connectivity index (χ1v) is 3.19. The molecular weight excluding hydrogens is 171 g/mol. The molecule has 0 spiro atoms. The van der Waals surface area contributed by atoms with Gasteiger partial charge in [-0.05, 0) is 12.1 Å². The average molecular weight is 176 g/mol. The van der Waals surface area contributed by atoms with E-state index in [4.69, 9.17) is 9.15 Å². The van der Waals surface area contributed by atoms with E-state index in [0.29, 0.717) is 5.76 Å². The summed E-state index contributed by atoms with van der Waals surface area (Å²) in [5, 5.41) is 10.2. The smallest absolute Gasteiger partial charge is 0.547 e. The third kappa shape index (κ3) is 1.72. The van der Waals surface area contributed by atoms with Crippen molar-refractivity contribution < 1.29 is 48.6 Å². The van der Waals surface area contributed by atoms with Crippen LogP contribution in [0.1, 0.15) is 11.9 Å². The molecule has 1 saturated heterocycles. The predicted octanol–water partition coefficient (Wildman–Crippen LogP) is -3.53. The van der Waals surface area contributed by atoms with Gasteiger partial charge in [0.25, 0.3) is 0 Å². The van der Waals surface area contributed by atoms with Gasteiger partial charge < -0.3 is 19.1 Å². The van der Waals surface area contributed by atoms with Crippen molar-refractivity contribution in [2.75, 3.05) is 0 Å². The van der Waals surface area contributed by atoms with Gasteiger partial charge in [0.2, 0.25) is 0 Å². The zero-order chi connectivity index (χ0) is 7.84. The summed E-state index contributed by atoms with van der Waals surface area (Å²) in [6, 6.07) is 3.36. The van der Waals surface area contributed by atoms with Gasteiger partial charge in [-0.2, -0.15) is 0 Å². The summed E-state index contributed by atoms with van der Waals surface area (Å²) in [5.41, 5.74) is 0. The maximum atomic E-state index is 10.2. The molecular formula is C7H5NaO4. The van der Waals surface area contributed by atoms with E-state index in [1.165, 1.54) is 6.26 Å². The van der Waals surface area contributed by atoms with E-state index in [0.717, 1.165) is 0 Å². The fourth-order valence-electron chi connectivity index (χ4n) is 0.961. The van der Waals surface area contributed by atoms with Crippen LogP contribution in [0.4, 0.5) is 0 Å². The van der Waals surface area contributed by atoms with Crippen molar-refractivity contribution >= 4 is 5.97 Å². The Bertz CT molecular complexity index is 269. The SMILES string of the molecule is O=C([O-])C1OC1c1ccco1.[Na+]. The summed E-state index contributed by atoms with van der Waals surface area (Å²) < 4.78 is 9.69. The molecule has 58 valence electrons. The number of rotatable bonds is 2.